The third kappa shape index (κ3) is 4.30. The van der Waals surface area contributed by atoms with Gasteiger partial charge in [-0.1, -0.05) is 18.2 Å². The highest BCUT2D eigenvalue weighted by molar-refractivity contribution is 7.90. The predicted molar refractivity (Wildman–Crippen MR) is 93.2 cm³/mol. The predicted octanol–water partition coefficient (Wildman–Crippen LogP) is 1.85. The fourth-order valence-corrected chi connectivity index (χ4v) is 2.80. The first-order chi connectivity index (χ1) is 11.9. The molecule has 0 radical (unpaired) electrons. The lowest BCUT2D eigenvalue weighted by Crippen LogP contribution is -2.14. The molecule has 8 heteroatoms. The second kappa shape index (κ2) is 6.86. The maximum absolute atomic E-state index is 12.1. The number of hydrogen-bond acceptors (Lipinski definition) is 5. The minimum absolute atomic E-state index is 0.0327. The zero-order valence-corrected chi connectivity index (χ0v) is 14.3. The summed E-state index contributed by atoms with van der Waals surface area (Å²) in [6.07, 6.45) is 5.98. The third-order valence-electron chi connectivity index (χ3n) is 3.42. The molecule has 0 aliphatic carbocycles. The van der Waals surface area contributed by atoms with Gasteiger partial charge in [0.05, 0.1) is 30.2 Å². The first kappa shape index (κ1) is 16.8. The van der Waals surface area contributed by atoms with Gasteiger partial charge in [0.2, 0.25) is 5.91 Å². The van der Waals surface area contributed by atoms with E-state index in [2.05, 4.69) is 15.4 Å². The van der Waals surface area contributed by atoms with Crippen LogP contribution in [0.4, 0.5) is 5.69 Å². The number of benzene rings is 1. The quantitative estimate of drug-likeness (QED) is 0.753. The van der Waals surface area contributed by atoms with E-state index in [4.69, 9.17) is 0 Å². The summed E-state index contributed by atoms with van der Waals surface area (Å²) >= 11 is 0. The Labute approximate surface area is 145 Å². The molecule has 1 aromatic carbocycles. The van der Waals surface area contributed by atoms with Crippen molar-refractivity contribution in [3.8, 4) is 5.69 Å². The van der Waals surface area contributed by atoms with Crippen molar-refractivity contribution >= 4 is 21.4 Å². The van der Waals surface area contributed by atoms with Crippen LogP contribution in [0.1, 0.15) is 5.56 Å². The summed E-state index contributed by atoms with van der Waals surface area (Å²) in [6.45, 7) is 0. The molecular formula is C17H16N4O3S. The van der Waals surface area contributed by atoms with Crippen LogP contribution in [0.3, 0.4) is 0 Å². The smallest absolute Gasteiger partial charge is 0.228 e. The Morgan fingerprint density at radius 1 is 1.12 bits per heavy atom. The highest BCUT2D eigenvalue weighted by atomic mass is 32.2. The van der Waals surface area contributed by atoms with Crippen LogP contribution in [0, 0.1) is 0 Å². The number of hydrogen-bond donors (Lipinski definition) is 1. The molecule has 7 nitrogen and oxygen atoms in total. The minimum atomic E-state index is -3.36. The molecule has 1 N–H and O–H groups in total. The monoisotopic (exact) mass is 356 g/mol. The van der Waals surface area contributed by atoms with E-state index in [-0.39, 0.29) is 17.4 Å². The molecule has 0 fully saturated rings. The molecule has 2 aromatic heterocycles. The number of nitrogens with zero attached hydrogens (tertiary/aromatic N) is 3. The summed E-state index contributed by atoms with van der Waals surface area (Å²) < 4.78 is 24.4. The van der Waals surface area contributed by atoms with E-state index < -0.39 is 9.84 Å². The molecule has 0 saturated heterocycles. The molecule has 3 aromatic rings. The van der Waals surface area contributed by atoms with Gasteiger partial charge in [0, 0.05) is 12.5 Å². The van der Waals surface area contributed by atoms with E-state index >= 15 is 0 Å². The fourth-order valence-electron chi connectivity index (χ4n) is 2.24. The Hall–Kier alpha value is -3.00. The molecule has 2 heterocycles. The number of nitrogens with one attached hydrogen (secondary N) is 1. The summed E-state index contributed by atoms with van der Waals surface area (Å²) in [5.41, 5.74) is 2.12. The van der Waals surface area contributed by atoms with Crippen molar-refractivity contribution in [2.45, 2.75) is 11.4 Å². The van der Waals surface area contributed by atoms with Crippen LogP contribution in [0.25, 0.3) is 5.69 Å². The number of rotatable bonds is 5. The molecule has 0 unspecified atom stereocenters. The van der Waals surface area contributed by atoms with Gasteiger partial charge in [-0.3, -0.25) is 4.79 Å². The SMILES string of the molecule is CS(=O)(=O)c1ccc(NC(=O)Cc2cnn(-c3ccccc3)c2)cn1. The molecule has 0 aliphatic heterocycles. The van der Waals surface area contributed by atoms with Gasteiger partial charge in [0.25, 0.3) is 0 Å². The van der Waals surface area contributed by atoms with E-state index in [1.807, 2.05) is 30.3 Å². The van der Waals surface area contributed by atoms with Gasteiger partial charge >= 0.3 is 0 Å². The molecule has 0 spiro atoms. The molecular weight excluding hydrogens is 340 g/mol. The molecule has 0 saturated carbocycles. The Morgan fingerprint density at radius 2 is 1.88 bits per heavy atom. The van der Waals surface area contributed by atoms with E-state index in [1.54, 1.807) is 17.1 Å². The number of carbonyl (C=O) groups excluding carboxylic acids is 1. The number of para-hydroxylation sites is 1. The van der Waals surface area contributed by atoms with Crippen molar-refractivity contribution in [1.29, 1.82) is 0 Å². The number of anilines is 1. The molecule has 1 amide bonds. The van der Waals surface area contributed by atoms with Gasteiger partial charge in [-0.25, -0.2) is 18.1 Å². The van der Waals surface area contributed by atoms with Crippen molar-refractivity contribution in [1.82, 2.24) is 14.8 Å². The van der Waals surface area contributed by atoms with Crippen molar-refractivity contribution < 1.29 is 13.2 Å². The van der Waals surface area contributed by atoms with Gasteiger partial charge in [0.15, 0.2) is 14.9 Å². The van der Waals surface area contributed by atoms with Crippen molar-refractivity contribution in [2.24, 2.45) is 0 Å². The van der Waals surface area contributed by atoms with Crippen LogP contribution < -0.4 is 5.32 Å². The van der Waals surface area contributed by atoms with Gasteiger partial charge in [-0.05, 0) is 29.8 Å². The molecule has 128 valence electrons. The van der Waals surface area contributed by atoms with Crippen LogP contribution in [-0.4, -0.2) is 35.3 Å². The zero-order chi connectivity index (χ0) is 17.9. The molecule has 25 heavy (non-hydrogen) atoms. The first-order valence-electron chi connectivity index (χ1n) is 7.47. The highest BCUT2D eigenvalue weighted by Gasteiger charge is 2.10. The molecule has 3 rings (SSSR count). The Kier molecular flexibility index (Phi) is 4.62. The van der Waals surface area contributed by atoms with Gasteiger partial charge in [0.1, 0.15) is 0 Å². The summed E-state index contributed by atoms with van der Waals surface area (Å²) in [5, 5.41) is 6.89. The second-order valence-corrected chi connectivity index (χ2v) is 7.47. The average Bonchev–Trinajstić information content (AvgIpc) is 3.03. The van der Waals surface area contributed by atoms with E-state index in [0.717, 1.165) is 17.5 Å². The van der Waals surface area contributed by atoms with Crippen LogP contribution in [0.2, 0.25) is 0 Å². The second-order valence-electron chi connectivity index (χ2n) is 5.51. The van der Waals surface area contributed by atoms with E-state index in [1.165, 1.54) is 18.3 Å². The lowest BCUT2D eigenvalue weighted by molar-refractivity contribution is -0.115. The highest BCUT2D eigenvalue weighted by Crippen LogP contribution is 2.12. The number of carbonyl (C=O) groups is 1. The van der Waals surface area contributed by atoms with Crippen molar-refractivity contribution in [3.05, 3.63) is 66.6 Å². The Bertz CT molecular complexity index is 980. The maximum Gasteiger partial charge on any atom is 0.228 e. The average molecular weight is 356 g/mol. The number of pyridine rings is 1. The van der Waals surface area contributed by atoms with Gasteiger partial charge in [-0.2, -0.15) is 5.10 Å². The standard InChI is InChI=1S/C17H16N4O3S/c1-25(23,24)17-8-7-14(11-18-17)20-16(22)9-13-10-19-21(12-13)15-5-3-2-4-6-15/h2-8,10-12H,9H2,1H3,(H,20,22). The van der Waals surface area contributed by atoms with Crippen LogP contribution in [0.15, 0.2) is 66.1 Å². The molecule has 0 aliphatic rings. The Balaban J connectivity index is 1.64. The zero-order valence-electron chi connectivity index (χ0n) is 13.5. The number of aromatic nitrogens is 3. The minimum Gasteiger partial charge on any atom is -0.324 e. The molecule has 0 bridgehead atoms. The summed E-state index contributed by atoms with van der Waals surface area (Å²) in [6, 6.07) is 12.5. The van der Waals surface area contributed by atoms with Crippen LogP contribution >= 0.6 is 0 Å². The fraction of sp³-hybridized carbons (Fsp3) is 0.118. The Morgan fingerprint density at radius 3 is 2.52 bits per heavy atom. The van der Waals surface area contributed by atoms with Crippen molar-refractivity contribution in [3.63, 3.8) is 0 Å². The van der Waals surface area contributed by atoms with Gasteiger partial charge < -0.3 is 5.32 Å². The van der Waals surface area contributed by atoms with Gasteiger partial charge in [-0.15, -0.1) is 0 Å². The summed E-state index contributed by atoms with van der Waals surface area (Å²) in [5.74, 6) is -0.235. The van der Waals surface area contributed by atoms with Crippen LogP contribution in [0.5, 0.6) is 0 Å². The topological polar surface area (TPSA) is 94.0 Å². The van der Waals surface area contributed by atoms with E-state index in [0.29, 0.717) is 5.69 Å². The lowest BCUT2D eigenvalue weighted by atomic mass is 10.2. The maximum atomic E-state index is 12.1. The first-order valence-corrected chi connectivity index (χ1v) is 9.36. The van der Waals surface area contributed by atoms with Crippen LogP contribution in [-0.2, 0) is 21.1 Å². The molecule has 0 atom stereocenters. The normalized spacial score (nSPS) is 11.2. The number of amides is 1. The van der Waals surface area contributed by atoms with Crippen molar-refractivity contribution in [2.75, 3.05) is 11.6 Å². The van der Waals surface area contributed by atoms with E-state index in [9.17, 15) is 13.2 Å². The summed E-state index contributed by atoms with van der Waals surface area (Å²) in [4.78, 5) is 15.9. The summed E-state index contributed by atoms with van der Waals surface area (Å²) in [7, 11) is -3.36. The largest absolute Gasteiger partial charge is 0.324 e. The lowest BCUT2D eigenvalue weighted by Gasteiger charge is -2.04. The third-order valence-corrected chi connectivity index (χ3v) is 4.42. The number of sulfone groups is 1.